The number of hydrogen-bond acceptors (Lipinski definition) is 5. The molecule has 2 heterocycles. The molecule has 162 valence electrons. The Balaban J connectivity index is 1.72. The minimum Gasteiger partial charge on any atom is -0.399 e. The highest BCUT2D eigenvalue weighted by atomic mass is 16.7. The summed E-state index contributed by atoms with van der Waals surface area (Å²) in [4.78, 5) is 18.2. The summed E-state index contributed by atoms with van der Waals surface area (Å²) >= 11 is 0. The maximum atomic E-state index is 13.6. The molecular weight excluding hydrogens is 391 g/mol. The van der Waals surface area contributed by atoms with Crippen molar-refractivity contribution in [3.63, 3.8) is 0 Å². The highest BCUT2D eigenvalue weighted by Gasteiger charge is 2.52. The predicted octanol–water partition coefficient (Wildman–Crippen LogP) is 3.32. The molecule has 1 aliphatic heterocycles. The topological polar surface area (TPSA) is 73.6 Å². The molecule has 3 aromatic rings. The van der Waals surface area contributed by atoms with Crippen molar-refractivity contribution in [1.29, 1.82) is 0 Å². The van der Waals surface area contributed by atoms with Crippen LogP contribution in [0, 0.1) is 0 Å². The van der Waals surface area contributed by atoms with E-state index in [1.807, 2.05) is 58.0 Å². The molecule has 7 heteroatoms. The number of rotatable bonds is 2. The van der Waals surface area contributed by atoms with Crippen LogP contribution in [0.15, 0.2) is 41.5 Å². The van der Waals surface area contributed by atoms with Crippen molar-refractivity contribution in [2.24, 2.45) is 0 Å². The summed E-state index contributed by atoms with van der Waals surface area (Å²) in [6.07, 6.45) is 4.57. The van der Waals surface area contributed by atoms with E-state index in [1.54, 1.807) is 10.9 Å². The van der Waals surface area contributed by atoms with E-state index < -0.39 is 24.4 Å². The van der Waals surface area contributed by atoms with E-state index in [2.05, 4.69) is 4.98 Å². The Kier molecular flexibility index (Phi) is 4.77. The molecule has 5 rings (SSSR count). The van der Waals surface area contributed by atoms with Gasteiger partial charge in [0.15, 0.2) is 0 Å². The summed E-state index contributed by atoms with van der Waals surface area (Å²) in [5.41, 5.74) is 0.425. The zero-order valence-corrected chi connectivity index (χ0v) is 18.6. The van der Waals surface area contributed by atoms with E-state index >= 15 is 0 Å². The Hall–Kier alpha value is -2.22. The summed E-state index contributed by atoms with van der Waals surface area (Å²) in [6.45, 7) is 8.09. The van der Waals surface area contributed by atoms with Gasteiger partial charge < -0.3 is 14.4 Å². The number of aliphatic hydroxyl groups excluding tert-OH is 1. The number of fused-ring (bicyclic) bond motifs is 3. The van der Waals surface area contributed by atoms with Crippen molar-refractivity contribution in [1.82, 2.24) is 9.55 Å². The number of aromatic nitrogens is 2. The predicted molar refractivity (Wildman–Crippen MR) is 123 cm³/mol. The highest BCUT2D eigenvalue weighted by Crippen LogP contribution is 2.37. The standard InChI is InChI=1S/C24H29BN2O4/c1-23(2)24(3,4)31-25(30-23)18-13-17-21(16-10-6-5-9-15(16)18)26-14-27(22(17)29)19-11-7-8-12-20(19)28/h5-6,9-10,13-14,19-20,28H,7-8,11-12H2,1-4H3/t19-,20-/m0/s1. The van der Waals surface area contributed by atoms with Crippen LogP contribution in [0.5, 0.6) is 0 Å². The first-order valence-electron chi connectivity index (χ1n) is 11.2. The summed E-state index contributed by atoms with van der Waals surface area (Å²) < 4.78 is 14.3. The van der Waals surface area contributed by atoms with Crippen molar-refractivity contribution < 1.29 is 14.4 Å². The van der Waals surface area contributed by atoms with Crippen LogP contribution in [-0.4, -0.2) is 39.1 Å². The van der Waals surface area contributed by atoms with Crippen molar-refractivity contribution in [2.45, 2.75) is 76.7 Å². The van der Waals surface area contributed by atoms with Crippen LogP contribution in [0.4, 0.5) is 0 Å². The molecule has 0 unspecified atom stereocenters. The van der Waals surface area contributed by atoms with Gasteiger partial charge in [-0.2, -0.15) is 0 Å². The van der Waals surface area contributed by atoms with Gasteiger partial charge in [-0.3, -0.25) is 9.36 Å². The molecule has 0 bridgehead atoms. The van der Waals surface area contributed by atoms with E-state index in [-0.39, 0.29) is 11.6 Å². The molecule has 0 radical (unpaired) electrons. The van der Waals surface area contributed by atoms with E-state index in [0.717, 1.165) is 35.5 Å². The molecule has 1 aliphatic carbocycles. The second-order valence-electron chi connectivity index (χ2n) is 9.87. The fourth-order valence-electron chi connectivity index (χ4n) is 4.82. The Labute approximate surface area is 182 Å². The first-order chi connectivity index (χ1) is 14.7. The quantitative estimate of drug-likeness (QED) is 0.509. The number of nitrogens with zero attached hydrogens (tertiary/aromatic N) is 2. The molecule has 1 saturated carbocycles. The average Bonchev–Trinajstić information content (AvgIpc) is 2.95. The normalized spacial score (nSPS) is 25.4. The Morgan fingerprint density at radius 3 is 2.35 bits per heavy atom. The second kappa shape index (κ2) is 7.15. The van der Waals surface area contributed by atoms with Crippen molar-refractivity contribution in [3.8, 4) is 0 Å². The third kappa shape index (κ3) is 3.22. The van der Waals surface area contributed by atoms with Crippen molar-refractivity contribution >= 4 is 34.3 Å². The summed E-state index contributed by atoms with van der Waals surface area (Å²) in [5.74, 6) is 0. The van der Waals surface area contributed by atoms with Gasteiger partial charge in [0.1, 0.15) is 0 Å². The Morgan fingerprint density at radius 2 is 1.68 bits per heavy atom. The van der Waals surface area contributed by atoms with Gasteiger partial charge in [-0.05, 0) is 57.5 Å². The minimum absolute atomic E-state index is 0.125. The third-order valence-corrected chi connectivity index (χ3v) is 7.38. The van der Waals surface area contributed by atoms with Crippen LogP contribution >= 0.6 is 0 Å². The SMILES string of the molecule is CC1(C)OB(c2cc3c(=O)n([C@H]4CCCC[C@@H]4O)cnc3c3ccccc23)OC1(C)C. The van der Waals surface area contributed by atoms with Crippen LogP contribution in [0.3, 0.4) is 0 Å². The smallest absolute Gasteiger partial charge is 0.399 e. The van der Waals surface area contributed by atoms with Crippen LogP contribution in [-0.2, 0) is 9.31 Å². The van der Waals surface area contributed by atoms with E-state index in [0.29, 0.717) is 17.3 Å². The van der Waals surface area contributed by atoms with Crippen molar-refractivity contribution in [3.05, 3.63) is 47.0 Å². The molecule has 2 aliphatic rings. The Morgan fingerprint density at radius 1 is 1.03 bits per heavy atom. The second-order valence-corrected chi connectivity index (χ2v) is 9.87. The maximum Gasteiger partial charge on any atom is 0.495 e. The summed E-state index contributed by atoms with van der Waals surface area (Å²) in [6, 6.07) is 9.58. The molecule has 2 aromatic carbocycles. The maximum absolute atomic E-state index is 13.6. The molecule has 1 N–H and O–H groups in total. The summed E-state index contributed by atoms with van der Waals surface area (Å²) in [7, 11) is -0.576. The van der Waals surface area contributed by atoms with Gasteiger partial charge in [0.25, 0.3) is 5.56 Å². The lowest BCUT2D eigenvalue weighted by Gasteiger charge is -2.32. The lowest BCUT2D eigenvalue weighted by atomic mass is 9.75. The molecule has 1 aromatic heterocycles. The van der Waals surface area contributed by atoms with Gasteiger partial charge in [0, 0.05) is 5.39 Å². The summed E-state index contributed by atoms with van der Waals surface area (Å²) in [5, 5.41) is 12.9. The van der Waals surface area contributed by atoms with Crippen LogP contribution in [0.1, 0.15) is 59.4 Å². The monoisotopic (exact) mass is 420 g/mol. The molecular formula is C24H29BN2O4. The zero-order chi connectivity index (χ0) is 22.0. The van der Waals surface area contributed by atoms with Gasteiger partial charge in [-0.1, -0.05) is 37.1 Å². The van der Waals surface area contributed by atoms with E-state index in [1.165, 1.54) is 0 Å². The van der Waals surface area contributed by atoms with Crippen LogP contribution in [0.2, 0.25) is 0 Å². The fourth-order valence-corrected chi connectivity index (χ4v) is 4.82. The Bertz CT molecular complexity index is 1200. The highest BCUT2D eigenvalue weighted by molar-refractivity contribution is 6.65. The van der Waals surface area contributed by atoms with Gasteiger partial charge in [0.05, 0.1) is 40.6 Å². The first-order valence-corrected chi connectivity index (χ1v) is 11.2. The third-order valence-electron chi connectivity index (χ3n) is 7.38. The average molecular weight is 420 g/mol. The fraction of sp³-hybridized carbons (Fsp3) is 0.500. The zero-order valence-electron chi connectivity index (χ0n) is 18.6. The van der Waals surface area contributed by atoms with Crippen LogP contribution < -0.4 is 11.0 Å². The van der Waals surface area contributed by atoms with E-state index in [9.17, 15) is 9.90 Å². The van der Waals surface area contributed by atoms with Crippen LogP contribution in [0.25, 0.3) is 21.7 Å². The van der Waals surface area contributed by atoms with Gasteiger partial charge in [-0.15, -0.1) is 0 Å². The number of aliphatic hydroxyl groups is 1. The van der Waals surface area contributed by atoms with Gasteiger partial charge in [-0.25, -0.2) is 4.98 Å². The first kappa shape index (κ1) is 20.7. The molecule has 6 nitrogen and oxygen atoms in total. The molecule has 2 fully saturated rings. The lowest BCUT2D eigenvalue weighted by Crippen LogP contribution is -2.41. The van der Waals surface area contributed by atoms with E-state index in [4.69, 9.17) is 9.31 Å². The molecule has 0 spiro atoms. The number of hydrogen-bond donors (Lipinski definition) is 1. The minimum atomic E-state index is -0.576. The molecule has 1 saturated heterocycles. The largest absolute Gasteiger partial charge is 0.495 e. The molecule has 0 amide bonds. The number of benzene rings is 2. The molecule has 2 atom stereocenters. The van der Waals surface area contributed by atoms with Crippen molar-refractivity contribution in [2.75, 3.05) is 0 Å². The lowest BCUT2D eigenvalue weighted by molar-refractivity contribution is 0.00578. The van der Waals surface area contributed by atoms with Gasteiger partial charge >= 0.3 is 7.12 Å². The van der Waals surface area contributed by atoms with Gasteiger partial charge in [0.2, 0.25) is 0 Å². The molecule has 31 heavy (non-hydrogen) atoms.